The number of carbonyl (C=O) groups excluding carboxylic acids is 1. The van der Waals surface area contributed by atoms with Crippen LogP contribution >= 0.6 is 0 Å². The second-order valence-corrected chi connectivity index (χ2v) is 4.43. The molecular weight excluding hydrogens is 218 g/mol. The molecule has 4 nitrogen and oxygen atoms in total. The van der Waals surface area contributed by atoms with E-state index in [1.807, 2.05) is 0 Å². The van der Waals surface area contributed by atoms with Gasteiger partial charge in [0, 0.05) is 5.56 Å². The first-order valence-corrected chi connectivity index (χ1v) is 5.60. The van der Waals surface area contributed by atoms with Crippen LogP contribution in [0.3, 0.4) is 0 Å². The maximum atomic E-state index is 10.5. The van der Waals surface area contributed by atoms with E-state index in [0.29, 0.717) is 11.3 Å². The smallest absolute Gasteiger partial charge is 0.235 e. The van der Waals surface area contributed by atoms with Crippen molar-refractivity contribution in [3.63, 3.8) is 0 Å². The molecule has 0 heterocycles. The lowest BCUT2D eigenvalue weighted by molar-refractivity contribution is 0.246. The van der Waals surface area contributed by atoms with Crippen molar-refractivity contribution in [1.29, 1.82) is 0 Å². The number of aliphatic imine (C=N–C) groups is 1. The third-order valence-electron chi connectivity index (χ3n) is 3.45. The van der Waals surface area contributed by atoms with Gasteiger partial charge in [0.25, 0.3) is 0 Å². The number of nitrogens with zero attached hydrogens (tertiary/aromatic N) is 1. The van der Waals surface area contributed by atoms with E-state index < -0.39 is 5.54 Å². The average Bonchev–Trinajstić information content (AvgIpc) is 2.27. The molecule has 4 heteroatoms. The summed E-state index contributed by atoms with van der Waals surface area (Å²) in [6.07, 6.45) is 4.15. The zero-order valence-electron chi connectivity index (χ0n) is 9.99. The molecule has 17 heavy (non-hydrogen) atoms. The summed E-state index contributed by atoms with van der Waals surface area (Å²) in [6.45, 7) is 1.80. The van der Waals surface area contributed by atoms with E-state index in [0.717, 1.165) is 24.8 Å². The molecule has 90 valence electrons. The number of methoxy groups -OCH3 is 1. The Morgan fingerprint density at radius 1 is 1.47 bits per heavy atom. The van der Waals surface area contributed by atoms with E-state index in [4.69, 9.17) is 4.74 Å². The van der Waals surface area contributed by atoms with Gasteiger partial charge in [-0.3, -0.25) is 0 Å². The lowest BCUT2D eigenvalue weighted by Gasteiger charge is -2.37. The van der Waals surface area contributed by atoms with Gasteiger partial charge in [0.15, 0.2) is 0 Å². The second kappa shape index (κ2) is 4.22. The first kappa shape index (κ1) is 11.7. The lowest BCUT2D eigenvalue weighted by Crippen LogP contribution is -2.32. The lowest BCUT2D eigenvalue weighted by atomic mass is 9.71. The van der Waals surface area contributed by atoms with Crippen molar-refractivity contribution in [2.75, 3.05) is 7.11 Å². The topological polar surface area (TPSA) is 58.9 Å². The molecule has 1 saturated carbocycles. The van der Waals surface area contributed by atoms with E-state index in [-0.39, 0.29) is 5.75 Å². The number of rotatable bonds is 3. The summed E-state index contributed by atoms with van der Waals surface area (Å²) in [6, 6.07) is 3.51. The molecule has 2 rings (SSSR count). The van der Waals surface area contributed by atoms with Gasteiger partial charge in [0.2, 0.25) is 6.08 Å². The molecule has 0 aliphatic heterocycles. The molecule has 0 amide bonds. The third kappa shape index (κ3) is 1.81. The standard InChI is InChI=1S/C13H15NO3/c1-9-6-10(17-2)7-11(12(9)16)13(14-8-15)4-3-5-13/h6-7,16H,3-5H2,1-2H3. The molecule has 0 radical (unpaired) electrons. The van der Waals surface area contributed by atoms with Crippen molar-refractivity contribution in [1.82, 2.24) is 0 Å². The van der Waals surface area contributed by atoms with Gasteiger partial charge in [-0.2, -0.15) is 4.99 Å². The number of hydrogen-bond acceptors (Lipinski definition) is 4. The average molecular weight is 233 g/mol. The van der Waals surface area contributed by atoms with Crippen LogP contribution in [0.15, 0.2) is 17.1 Å². The van der Waals surface area contributed by atoms with E-state index in [9.17, 15) is 9.90 Å². The van der Waals surface area contributed by atoms with Crippen LogP contribution in [0.25, 0.3) is 0 Å². The minimum absolute atomic E-state index is 0.199. The number of phenols is 1. The number of hydrogen-bond donors (Lipinski definition) is 1. The summed E-state index contributed by atoms with van der Waals surface area (Å²) in [5.41, 5.74) is 0.807. The number of ether oxygens (including phenoxy) is 1. The summed E-state index contributed by atoms with van der Waals surface area (Å²) >= 11 is 0. The van der Waals surface area contributed by atoms with Crippen molar-refractivity contribution >= 4 is 6.08 Å². The van der Waals surface area contributed by atoms with Crippen molar-refractivity contribution in [3.8, 4) is 11.5 Å². The Labute approximate surface area is 99.9 Å². The van der Waals surface area contributed by atoms with Gasteiger partial charge >= 0.3 is 0 Å². The molecule has 0 saturated heterocycles. The van der Waals surface area contributed by atoms with E-state index in [2.05, 4.69) is 4.99 Å². The minimum atomic E-state index is -0.592. The molecule has 0 bridgehead atoms. The fourth-order valence-electron chi connectivity index (χ4n) is 2.26. The Hall–Kier alpha value is -1.80. The molecule has 1 aliphatic carbocycles. The molecule has 1 aromatic rings. The van der Waals surface area contributed by atoms with Crippen LogP contribution in [-0.4, -0.2) is 18.3 Å². The van der Waals surface area contributed by atoms with Gasteiger partial charge < -0.3 is 9.84 Å². The summed E-state index contributed by atoms with van der Waals surface area (Å²) in [7, 11) is 1.58. The van der Waals surface area contributed by atoms with Crippen molar-refractivity contribution < 1.29 is 14.6 Å². The number of aromatic hydroxyl groups is 1. The highest BCUT2D eigenvalue weighted by atomic mass is 16.5. The molecule has 1 fully saturated rings. The number of aryl methyl sites for hydroxylation is 1. The summed E-state index contributed by atoms with van der Waals surface area (Å²) in [5, 5.41) is 10.1. The maximum absolute atomic E-state index is 10.5. The fraction of sp³-hybridized carbons (Fsp3) is 0.462. The van der Waals surface area contributed by atoms with Crippen molar-refractivity contribution in [2.45, 2.75) is 31.7 Å². The van der Waals surface area contributed by atoms with E-state index in [1.54, 1.807) is 32.2 Å². The molecule has 0 atom stereocenters. The summed E-state index contributed by atoms with van der Waals surface area (Å²) in [4.78, 5) is 14.4. The van der Waals surface area contributed by atoms with Gasteiger partial charge in [-0.1, -0.05) is 0 Å². The number of isocyanates is 1. The number of phenolic OH excluding ortho intramolecular Hbond substituents is 1. The van der Waals surface area contributed by atoms with Gasteiger partial charge in [0.1, 0.15) is 17.0 Å². The Balaban J connectivity index is 2.57. The predicted octanol–water partition coefficient (Wildman–Crippen LogP) is 2.42. The van der Waals surface area contributed by atoms with Crippen LogP contribution in [-0.2, 0) is 10.3 Å². The highest BCUT2D eigenvalue weighted by Gasteiger charge is 2.41. The molecular formula is C13H15NO3. The van der Waals surface area contributed by atoms with Crippen LogP contribution in [0.5, 0.6) is 11.5 Å². The number of benzene rings is 1. The van der Waals surface area contributed by atoms with Crippen LogP contribution in [0.4, 0.5) is 0 Å². The first-order chi connectivity index (χ1) is 8.13. The van der Waals surface area contributed by atoms with Crippen LogP contribution in [0.2, 0.25) is 0 Å². The van der Waals surface area contributed by atoms with Gasteiger partial charge in [-0.05, 0) is 43.9 Å². The van der Waals surface area contributed by atoms with Gasteiger partial charge in [-0.25, -0.2) is 4.79 Å². The first-order valence-electron chi connectivity index (χ1n) is 5.60. The zero-order valence-corrected chi connectivity index (χ0v) is 9.99. The Morgan fingerprint density at radius 2 is 2.18 bits per heavy atom. The summed E-state index contributed by atoms with van der Waals surface area (Å²) < 4.78 is 5.18. The highest BCUT2D eigenvalue weighted by Crippen LogP contribution is 2.49. The largest absolute Gasteiger partial charge is 0.507 e. The maximum Gasteiger partial charge on any atom is 0.235 e. The summed E-state index contributed by atoms with van der Waals surface area (Å²) in [5.74, 6) is 0.868. The molecule has 0 spiro atoms. The van der Waals surface area contributed by atoms with E-state index >= 15 is 0 Å². The SMILES string of the molecule is COc1cc(C)c(O)c(C2(N=C=O)CCC2)c1. The second-order valence-electron chi connectivity index (χ2n) is 4.43. The zero-order chi connectivity index (χ0) is 12.5. The van der Waals surface area contributed by atoms with Crippen molar-refractivity contribution in [3.05, 3.63) is 23.3 Å². The Bertz CT molecular complexity index is 486. The Morgan fingerprint density at radius 3 is 2.65 bits per heavy atom. The molecule has 0 aromatic heterocycles. The quantitative estimate of drug-likeness (QED) is 0.644. The molecule has 1 aliphatic rings. The van der Waals surface area contributed by atoms with Crippen LogP contribution in [0, 0.1) is 6.92 Å². The Kier molecular flexibility index (Phi) is 2.90. The molecule has 1 aromatic carbocycles. The molecule has 1 N–H and O–H groups in total. The van der Waals surface area contributed by atoms with Crippen LogP contribution in [0.1, 0.15) is 30.4 Å². The van der Waals surface area contributed by atoms with Gasteiger partial charge in [0.05, 0.1) is 7.11 Å². The minimum Gasteiger partial charge on any atom is -0.507 e. The monoisotopic (exact) mass is 233 g/mol. The van der Waals surface area contributed by atoms with Crippen molar-refractivity contribution in [2.24, 2.45) is 4.99 Å². The third-order valence-corrected chi connectivity index (χ3v) is 3.45. The van der Waals surface area contributed by atoms with Crippen LogP contribution < -0.4 is 4.74 Å². The normalized spacial score (nSPS) is 16.8. The van der Waals surface area contributed by atoms with Gasteiger partial charge in [-0.15, -0.1) is 0 Å². The highest BCUT2D eigenvalue weighted by molar-refractivity contribution is 5.51. The van der Waals surface area contributed by atoms with E-state index in [1.165, 1.54) is 0 Å². The predicted molar refractivity (Wildman–Crippen MR) is 63.0 cm³/mol. The fourth-order valence-corrected chi connectivity index (χ4v) is 2.26. The molecule has 0 unspecified atom stereocenters.